The van der Waals surface area contributed by atoms with Crippen molar-refractivity contribution in [3.63, 3.8) is 0 Å². The van der Waals surface area contributed by atoms with Crippen LogP contribution in [0.3, 0.4) is 0 Å². The van der Waals surface area contributed by atoms with Gasteiger partial charge in [-0.3, -0.25) is 14.8 Å². The second-order valence-electron chi connectivity index (χ2n) is 9.22. The fourth-order valence-electron chi connectivity index (χ4n) is 4.11. The minimum Gasteiger partial charge on any atom is -0.500 e. The number of hydrogen-bond acceptors (Lipinski definition) is 5. The van der Waals surface area contributed by atoms with E-state index in [-0.39, 0.29) is 55.4 Å². The number of dihydropyridines is 1. The maximum atomic E-state index is 14.8. The first kappa shape index (κ1) is 28.9. The Kier molecular flexibility index (Phi) is 9.30. The summed E-state index contributed by atoms with van der Waals surface area (Å²) in [5.41, 5.74) is 0.0682. The fraction of sp³-hybridized carbons (Fsp3) is 0.393. The van der Waals surface area contributed by atoms with Gasteiger partial charge >= 0.3 is 6.18 Å². The minimum absolute atomic E-state index is 0.0270. The number of nitrogens with one attached hydrogen (secondary N) is 2. The van der Waals surface area contributed by atoms with Crippen molar-refractivity contribution in [2.45, 2.75) is 44.4 Å². The molecular formula is C28H32F4N4O2. The summed E-state index contributed by atoms with van der Waals surface area (Å²) in [6.45, 7) is 3.77. The van der Waals surface area contributed by atoms with Crippen LogP contribution in [0.1, 0.15) is 36.8 Å². The van der Waals surface area contributed by atoms with Crippen molar-refractivity contribution >= 4 is 23.4 Å². The third-order valence-electron chi connectivity index (χ3n) is 6.50. The van der Waals surface area contributed by atoms with Crippen LogP contribution in [0.2, 0.25) is 0 Å². The van der Waals surface area contributed by atoms with Crippen molar-refractivity contribution in [3.8, 4) is 0 Å². The molecule has 0 aromatic heterocycles. The normalized spacial score (nSPS) is 19.1. The Bertz CT molecular complexity index is 1210. The number of hydrogen-bond donors (Lipinski definition) is 2. The second kappa shape index (κ2) is 12.2. The van der Waals surface area contributed by atoms with Gasteiger partial charge in [0.25, 0.3) is 0 Å². The van der Waals surface area contributed by atoms with Gasteiger partial charge in [0.05, 0.1) is 13.3 Å². The number of allylic oxidation sites excluding steroid dienone is 5. The molecular weight excluding hydrogens is 500 g/mol. The molecule has 1 aromatic carbocycles. The molecule has 2 N–H and O–H groups in total. The maximum absolute atomic E-state index is 14.8. The summed E-state index contributed by atoms with van der Waals surface area (Å²) in [6.07, 6.45) is 3.76. The molecule has 10 heteroatoms. The third kappa shape index (κ3) is 6.99. The molecule has 2 aliphatic rings. The van der Waals surface area contributed by atoms with E-state index in [1.807, 2.05) is 12.2 Å². The van der Waals surface area contributed by atoms with Crippen LogP contribution < -0.4 is 10.6 Å². The predicted octanol–water partition coefficient (Wildman–Crippen LogP) is 5.29. The Morgan fingerprint density at radius 1 is 1.29 bits per heavy atom. The average molecular weight is 533 g/mol. The number of carbonyl (C=O) groups is 1. The number of Topliss-reactive ketones (excluding diaryl/α,β-unsaturated/α-hetero) is 1. The predicted molar refractivity (Wildman–Crippen MR) is 141 cm³/mol. The maximum Gasteiger partial charge on any atom is 0.401 e. The molecule has 0 bridgehead atoms. The van der Waals surface area contributed by atoms with Gasteiger partial charge in [-0.2, -0.15) is 13.2 Å². The molecule has 1 saturated carbocycles. The highest BCUT2D eigenvalue weighted by Crippen LogP contribution is 2.62. The van der Waals surface area contributed by atoms with Crippen molar-refractivity contribution in [2.24, 2.45) is 15.4 Å². The van der Waals surface area contributed by atoms with Crippen molar-refractivity contribution in [1.82, 2.24) is 10.6 Å². The Hall–Kier alpha value is -3.69. The zero-order chi connectivity index (χ0) is 27.9. The van der Waals surface area contributed by atoms with Crippen molar-refractivity contribution in [1.29, 1.82) is 0 Å². The molecule has 0 amide bonds. The molecule has 0 saturated heterocycles. The van der Waals surface area contributed by atoms with Gasteiger partial charge in [-0.15, -0.1) is 0 Å². The molecule has 6 nitrogen and oxygen atoms in total. The molecule has 38 heavy (non-hydrogen) atoms. The summed E-state index contributed by atoms with van der Waals surface area (Å²) in [4.78, 5) is 20.5. The number of amidine groups is 1. The first-order valence-electron chi connectivity index (χ1n) is 12.1. The molecule has 0 spiro atoms. The van der Waals surface area contributed by atoms with Crippen LogP contribution in [0.5, 0.6) is 0 Å². The largest absolute Gasteiger partial charge is 0.500 e. The van der Waals surface area contributed by atoms with Gasteiger partial charge in [-0.25, -0.2) is 4.39 Å². The lowest BCUT2D eigenvalue weighted by Gasteiger charge is -2.21. The standard InChI is InChI=1S/C28H32F4N4O2/c1-18(13-24(38-4)27(11-12-27)28(30,31)32)5-9-22(37)14-20-7-6-19(15-23(20)29)21-8-10-25(35-16-21)36-26(34-3)17-33-2/h6-8,10,13,15-17,25,35H,1,5,9,11-12,14H2,2-4H3,(H,34,36)/b24-13-,33-17?. The summed E-state index contributed by atoms with van der Waals surface area (Å²) in [6, 6.07) is 4.67. The molecule has 1 aromatic rings. The van der Waals surface area contributed by atoms with Gasteiger partial charge in [0.15, 0.2) is 0 Å². The number of ether oxygens (including phenoxy) is 1. The Morgan fingerprint density at radius 3 is 2.55 bits per heavy atom. The van der Waals surface area contributed by atoms with E-state index < -0.39 is 17.4 Å². The van der Waals surface area contributed by atoms with Crippen LogP contribution in [0.4, 0.5) is 17.6 Å². The number of halogens is 4. The van der Waals surface area contributed by atoms with E-state index in [2.05, 4.69) is 27.2 Å². The van der Waals surface area contributed by atoms with Gasteiger partial charge in [0, 0.05) is 33.1 Å². The third-order valence-corrected chi connectivity index (χ3v) is 6.50. The molecule has 1 heterocycles. The summed E-state index contributed by atoms with van der Waals surface area (Å²) in [7, 11) is 4.50. The fourth-order valence-corrected chi connectivity index (χ4v) is 4.11. The van der Waals surface area contributed by atoms with Gasteiger partial charge in [0.2, 0.25) is 0 Å². The van der Waals surface area contributed by atoms with Crippen LogP contribution in [-0.4, -0.2) is 51.4 Å². The zero-order valence-corrected chi connectivity index (χ0v) is 21.7. The minimum atomic E-state index is -4.40. The van der Waals surface area contributed by atoms with Crippen LogP contribution in [0.15, 0.2) is 70.5 Å². The van der Waals surface area contributed by atoms with Crippen LogP contribution in [0.25, 0.3) is 5.57 Å². The summed E-state index contributed by atoms with van der Waals surface area (Å²) < 4.78 is 59.9. The number of alkyl halides is 3. The highest BCUT2D eigenvalue weighted by atomic mass is 19.4. The highest BCUT2D eigenvalue weighted by Gasteiger charge is 2.66. The lowest BCUT2D eigenvalue weighted by molar-refractivity contribution is -0.184. The highest BCUT2D eigenvalue weighted by molar-refractivity contribution is 6.29. The quantitative estimate of drug-likeness (QED) is 0.134. The zero-order valence-electron chi connectivity index (χ0n) is 21.7. The molecule has 1 unspecified atom stereocenters. The van der Waals surface area contributed by atoms with Crippen molar-refractivity contribution in [2.75, 3.05) is 21.2 Å². The van der Waals surface area contributed by atoms with Crippen molar-refractivity contribution < 1.29 is 27.1 Å². The second-order valence-corrected chi connectivity index (χ2v) is 9.22. The SMILES string of the molecule is C=C(/C=C(\OC)C1(C(F)(F)F)CC1)CCC(=O)Cc1ccc(C2=CNC(NC(C=NC)=NC)C=C2)cc1F. The number of carbonyl (C=O) groups excluding carboxylic acids is 1. The Morgan fingerprint density at radius 2 is 2.03 bits per heavy atom. The van der Waals surface area contributed by atoms with Crippen LogP contribution in [0, 0.1) is 11.2 Å². The number of rotatable bonds is 11. The average Bonchev–Trinajstić information content (AvgIpc) is 3.70. The Labute approximate surface area is 220 Å². The number of nitrogens with zero attached hydrogens (tertiary/aromatic N) is 2. The Balaban J connectivity index is 1.54. The van der Waals surface area contributed by atoms with E-state index in [4.69, 9.17) is 4.74 Å². The number of methoxy groups -OCH3 is 1. The molecule has 1 fully saturated rings. The van der Waals surface area contributed by atoms with Gasteiger partial charge in [-0.1, -0.05) is 30.4 Å². The summed E-state index contributed by atoms with van der Waals surface area (Å²) in [5, 5.41) is 6.31. The van der Waals surface area contributed by atoms with E-state index in [0.717, 1.165) is 5.57 Å². The summed E-state index contributed by atoms with van der Waals surface area (Å²) in [5.74, 6) is -0.316. The smallest absolute Gasteiger partial charge is 0.401 e. The topological polar surface area (TPSA) is 75.1 Å². The first-order chi connectivity index (χ1) is 18.0. The summed E-state index contributed by atoms with van der Waals surface area (Å²) >= 11 is 0. The monoisotopic (exact) mass is 532 g/mol. The van der Waals surface area contributed by atoms with E-state index in [1.165, 1.54) is 19.3 Å². The molecule has 0 radical (unpaired) electrons. The van der Waals surface area contributed by atoms with E-state index in [0.29, 0.717) is 17.0 Å². The van der Waals surface area contributed by atoms with Gasteiger partial charge < -0.3 is 15.4 Å². The van der Waals surface area contributed by atoms with Crippen LogP contribution >= 0.6 is 0 Å². The number of aliphatic imine (C=N–C) groups is 2. The van der Waals surface area contributed by atoms with Crippen molar-refractivity contribution in [3.05, 3.63) is 77.5 Å². The van der Waals surface area contributed by atoms with Crippen LogP contribution in [-0.2, 0) is 16.0 Å². The molecule has 1 aliphatic carbocycles. The lowest BCUT2D eigenvalue weighted by atomic mass is 9.97. The molecule has 3 rings (SSSR count). The van der Waals surface area contributed by atoms with Gasteiger partial charge in [-0.05, 0) is 54.2 Å². The first-order valence-corrected chi connectivity index (χ1v) is 12.1. The molecule has 204 valence electrons. The lowest BCUT2D eigenvalue weighted by Crippen LogP contribution is -2.43. The van der Waals surface area contributed by atoms with E-state index in [1.54, 1.807) is 38.6 Å². The molecule has 1 atom stereocenters. The van der Waals surface area contributed by atoms with Gasteiger partial charge in [0.1, 0.15) is 34.8 Å². The molecule has 1 aliphatic heterocycles. The van der Waals surface area contributed by atoms with E-state index in [9.17, 15) is 22.4 Å². The number of benzene rings is 1. The van der Waals surface area contributed by atoms with E-state index >= 15 is 0 Å². The number of ketones is 1.